The normalized spacial score (nSPS) is 15.8. The van der Waals surface area contributed by atoms with Gasteiger partial charge in [-0.1, -0.05) is 6.92 Å². The molecule has 0 radical (unpaired) electrons. The predicted octanol–water partition coefficient (Wildman–Crippen LogP) is 2.46. The minimum atomic E-state index is -3.18. The van der Waals surface area contributed by atoms with Crippen LogP contribution >= 0.6 is 0 Å². The summed E-state index contributed by atoms with van der Waals surface area (Å²) in [5.74, 6) is 0.192. The molecule has 1 aliphatic rings. The molecule has 106 valence electrons. The summed E-state index contributed by atoms with van der Waals surface area (Å²) >= 11 is 0. The molecule has 0 bridgehead atoms. The summed E-state index contributed by atoms with van der Waals surface area (Å²) in [5.41, 5.74) is 1.92. The van der Waals surface area contributed by atoms with Crippen molar-refractivity contribution in [3.63, 3.8) is 0 Å². The molecule has 0 aliphatic carbocycles. The molecule has 0 aromatic heterocycles. The molecule has 1 fully saturated rings. The van der Waals surface area contributed by atoms with Gasteiger partial charge in [-0.25, -0.2) is 8.42 Å². The molecule has 1 aromatic rings. The largest absolute Gasteiger partial charge is 0.372 e. The Morgan fingerprint density at radius 2 is 1.74 bits per heavy atom. The van der Waals surface area contributed by atoms with E-state index in [9.17, 15) is 8.42 Å². The van der Waals surface area contributed by atoms with Crippen molar-refractivity contribution in [1.82, 2.24) is 0 Å². The van der Waals surface area contributed by atoms with E-state index in [1.54, 1.807) is 7.05 Å². The zero-order valence-corrected chi connectivity index (χ0v) is 12.5. The van der Waals surface area contributed by atoms with Gasteiger partial charge in [-0.3, -0.25) is 4.31 Å². The van der Waals surface area contributed by atoms with E-state index >= 15 is 0 Å². The maximum atomic E-state index is 12.0. The van der Waals surface area contributed by atoms with E-state index in [-0.39, 0.29) is 5.75 Å². The van der Waals surface area contributed by atoms with Crippen molar-refractivity contribution in [2.45, 2.75) is 26.2 Å². The van der Waals surface area contributed by atoms with Gasteiger partial charge >= 0.3 is 0 Å². The van der Waals surface area contributed by atoms with Crippen molar-refractivity contribution in [2.24, 2.45) is 0 Å². The third-order valence-corrected chi connectivity index (χ3v) is 5.53. The van der Waals surface area contributed by atoms with Crippen molar-refractivity contribution >= 4 is 21.4 Å². The lowest BCUT2D eigenvalue weighted by Crippen LogP contribution is -2.28. The number of nitrogens with zero attached hydrogens (tertiary/aromatic N) is 2. The minimum absolute atomic E-state index is 0.192. The lowest BCUT2D eigenvalue weighted by Gasteiger charge is -2.21. The fraction of sp³-hybridized carbons (Fsp3) is 0.571. The Kier molecular flexibility index (Phi) is 4.34. The van der Waals surface area contributed by atoms with Crippen LogP contribution in [0.3, 0.4) is 0 Å². The lowest BCUT2D eigenvalue weighted by atomic mass is 10.2. The number of rotatable bonds is 5. The summed E-state index contributed by atoms with van der Waals surface area (Å²) in [7, 11) is -1.55. The first-order chi connectivity index (χ1) is 9.04. The highest BCUT2D eigenvalue weighted by atomic mass is 32.2. The quantitative estimate of drug-likeness (QED) is 0.833. The topological polar surface area (TPSA) is 40.6 Å². The van der Waals surface area contributed by atoms with Gasteiger partial charge < -0.3 is 4.90 Å². The molecule has 0 spiro atoms. The zero-order chi connectivity index (χ0) is 13.9. The first kappa shape index (κ1) is 14.2. The molecular weight excluding hydrogens is 260 g/mol. The highest BCUT2D eigenvalue weighted by Gasteiger charge is 2.18. The van der Waals surface area contributed by atoms with Gasteiger partial charge in [0.25, 0.3) is 0 Å². The molecule has 1 aromatic carbocycles. The summed E-state index contributed by atoms with van der Waals surface area (Å²) in [6, 6.07) is 7.80. The highest BCUT2D eigenvalue weighted by molar-refractivity contribution is 7.92. The van der Waals surface area contributed by atoms with E-state index in [4.69, 9.17) is 0 Å². The van der Waals surface area contributed by atoms with E-state index < -0.39 is 10.0 Å². The van der Waals surface area contributed by atoms with Crippen LogP contribution in [-0.2, 0) is 10.0 Å². The number of hydrogen-bond donors (Lipinski definition) is 0. The minimum Gasteiger partial charge on any atom is -0.372 e. The second-order valence-electron chi connectivity index (χ2n) is 4.99. The molecule has 0 unspecified atom stereocenters. The molecule has 0 N–H and O–H groups in total. The van der Waals surface area contributed by atoms with Gasteiger partial charge in [0, 0.05) is 25.8 Å². The van der Waals surface area contributed by atoms with Crippen LogP contribution in [0.5, 0.6) is 0 Å². The SMILES string of the molecule is CCCS(=O)(=O)N(C)c1ccc(N2CCCC2)cc1. The molecule has 1 saturated heterocycles. The molecular formula is C14H22N2O2S. The third-order valence-electron chi connectivity index (χ3n) is 3.56. The Morgan fingerprint density at radius 1 is 1.16 bits per heavy atom. The molecule has 5 heteroatoms. The van der Waals surface area contributed by atoms with Crippen molar-refractivity contribution in [2.75, 3.05) is 35.1 Å². The molecule has 2 rings (SSSR count). The van der Waals surface area contributed by atoms with Crippen LogP contribution in [0.25, 0.3) is 0 Å². The van der Waals surface area contributed by atoms with Gasteiger partial charge in [0.2, 0.25) is 10.0 Å². The summed E-state index contributed by atoms with van der Waals surface area (Å²) in [6.45, 7) is 4.08. The first-order valence-electron chi connectivity index (χ1n) is 6.86. The summed E-state index contributed by atoms with van der Waals surface area (Å²) in [5, 5.41) is 0. The fourth-order valence-corrected chi connectivity index (χ4v) is 3.64. The van der Waals surface area contributed by atoms with Crippen LogP contribution in [0, 0.1) is 0 Å². The van der Waals surface area contributed by atoms with E-state index in [0.717, 1.165) is 18.8 Å². The van der Waals surface area contributed by atoms with Gasteiger partial charge in [0.05, 0.1) is 11.4 Å². The van der Waals surface area contributed by atoms with Crippen LogP contribution in [0.4, 0.5) is 11.4 Å². The number of hydrogen-bond acceptors (Lipinski definition) is 3. The Bertz CT molecular complexity index is 505. The molecule has 4 nitrogen and oxygen atoms in total. The van der Waals surface area contributed by atoms with E-state index in [1.807, 2.05) is 31.2 Å². The molecule has 0 saturated carbocycles. The second-order valence-corrected chi connectivity index (χ2v) is 7.11. The zero-order valence-electron chi connectivity index (χ0n) is 11.7. The number of sulfonamides is 1. The van der Waals surface area contributed by atoms with Gasteiger partial charge in [0.1, 0.15) is 0 Å². The predicted molar refractivity (Wildman–Crippen MR) is 80.4 cm³/mol. The van der Waals surface area contributed by atoms with E-state index in [2.05, 4.69) is 4.90 Å². The van der Waals surface area contributed by atoms with E-state index in [1.165, 1.54) is 22.8 Å². The van der Waals surface area contributed by atoms with Crippen LogP contribution in [0.15, 0.2) is 24.3 Å². The summed E-state index contributed by atoms with van der Waals surface area (Å²) < 4.78 is 25.4. The Hall–Kier alpha value is -1.23. The van der Waals surface area contributed by atoms with E-state index in [0.29, 0.717) is 6.42 Å². The maximum Gasteiger partial charge on any atom is 0.234 e. The Labute approximate surface area is 116 Å². The summed E-state index contributed by atoms with van der Waals surface area (Å²) in [6.07, 6.45) is 3.12. The smallest absolute Gasteiger partial charge is 0.234 e. The molecule has 1 aliphatic heterocycles. The van der Waals surface area contributed by atoms with Gasteiger partial charge in [-0.2, -0.15) is 0 Å². The molecule has 0 atom stereocenters. The average Bonchev–Trinajstić information content (AvgIpc) is 2.92. The van der Waals surface area contributed by atoms with Crippen LogP contribution < -0.4 is 9.21 Å². The molecule has 0 amide bonds. The summed E-state index contributed by atoms with van der Waals surface area (Å²) in [4.78, 5) is 2.34. The van der Waals surface area contributed by atoms with Crippen LogP contribution in [-0.4, -0.2) is 34.3 Å². The van der Waals surface area contributed by atoms with Crippen molar-refractivity contribution in [3.8, 4) is 0 Å². The van der Waals surface area contributed by atoms with Crippen LogP contribution in [0.1, 0.15) is 26.2 Å². The lowest BCUT2D eigenvalue weighted by molar-refractivity contribution is 0.593. The van der Waals surface area contributed by atoms with Crippen molar-refractivity contribution in [3.05, 3.63) is 24.3 Å². The standard InChI is InChI=1S/C14H22N2O2S/c1-3-12-19(17,18)15(2)13-6-8-14(9-7-13)16-10-4-5-11-16/h6-9H,3-5,10-12H2,1-2H3. The Morgan fingerprint density at radius 3 is 2.26 bits per heavy atom. The molecule has 19 heavy (non-hydrogen) atoms. The number of anilines is 2. The highest BCUT2D eigenvalue weighted by Crippen LogP contribution is 2.24. The van der Waals surface area contributed by atoms with Gasteiger partial charge in [-0.05, 0) is 43.5 Å². The number of benzene rings is 1. The maximum absolute atomic E-state index is 12.0. The fourth-order valence-electron chi connectivity index (χ4n) is 2.40. The molecule has 1 heterocycles. The first-order valence-corrected chi connectivity index (χ1v) is 8.47. The van der Waals surface area contributed by atoms with Gasteiger partial charge in [-0.15, -0.1) is 0 Å². The van der Waals surface area contributed by atoms with Crippen LogP contribution in [0.2, 0.25) is 0 Å². The van der Waals surface area contributed by atoms with Gasteiger partial charge in [0.15, 0.2) is 0 Å². The third kappa shape index (κ3) is 3.21. The second kappa shape index (κ2) is 5.82. The Balaban J connectivity index is 2.13. The van der Waals surface area contributed by atoms with Crippen molar-refractivity contribution in [1.29, 1.82) is 0 Å². The average molecular weight is 282 g/mol. The van der Waals surface area contributed by atoms with Crippen molar-refractivity contribution < 1.29 is 8.42 Å². The monoisotopic (exact) mass is 282 g/mol.